The molecule has 1 aromatic carbocycles. The van der Waals surface area contributed by atoms with E-state index in [1.54, 1.807) is 31.2 Å². The number of hydrogen-bond donors (Lipinski definition) is 1. The fourth-order valence-corrected chi connectivity index (χ4v) is 1.15. The van der Waals surface area contributed by atoms with Gasteiger partial charge in [0.1, 0.15) is 19.0 Å². The minimum atomic E-state index is -0.182. The molecule has 4 heteroatoms. The third kappa shape index (κ3) is 5.05. The van der Waals surface area contributed by atoms with E-state index in [1.165, 1.54) is 7.11 Å². The maximum atomic E-state index is 11.2. The third-order valence-electron chi connectivity index (χ3n) is 1.90. The first kappa shape index (κ1) is 13.1. The summed E-state index contributed by atoms with van der Waals surface area (Å²) in [7, 11) is 1.48. The first-order valence-electron chi connectivity index (χ1n) is 5.17. The predicted octanol–water partition coefficient (Wildman–Crippen LogP) is 1.67. The van der Waals surface area contributed by atoms with Crippen molar-refractivity contribution in [1.29, 1.82) is 0 Å². The van der Waals surface area contributed by atoms with Crippen molar-refractivity contribution < 1.29 is 14.3 Å². The van der Waals surface area contributed by atoms with Crippen LogP contribution in [0.2, 0.25) is 0 Å². The van der Waals surface area contributed by atoms with Gasteiger partial charge in [0.2, 0.25) is 5.91 Å². The lowest BCUT2D eigenvalue weighted by Gasteiger charge is -2.06. The Morgan fingerprint density at radius 3 is 2.65 bits per heavy atom. The zero-order chi connectivity index (χ0) is 12.5. The van der Waals surface area contributed by atoms with Gasteiger partial charge in [0.05, 0.1) is 0 Å². The van der Waals surface area contributed by atoms with Crippen LogP contribution in [0.4, 0.5) is 5.69 Å². The SMILES string of the molecule is CC#CCOc1ccc(NC(=O)COC)cc1. The van der Waals surface area contributed by atoms with Crippen molar-refractivity contribution in [2.75, 3.05) is 25.6 Å². The largest absolute Gasteiger partial charge is 0.481 e. The molecule has 0 aliphatic heterocycles. The van der Waals surface area contributed by atoms with Crippen molar-refractivity contribution in [2.45, 2.75) is 6.92 Å². The predicted molar refractivity (Wildman–Crippen MR) is 65.9 cm³/mol. The van der Waals surface area contributed by atoms with Crippen molar-refractivity contribution in [3.8, 4) is 17.6 Å². The normalized spacial score (nSPS) is 9.06. The van der Waals surface area contributed by atoms with Crippen LogP contribution in [0.5, 0.6) is 5.75 Å². The Hall–Kier alpha value is -1.99. The van der Waals surface area contributed by atoms with Crippen LogP contribution in [-0.2, 0) is 9.53 Å². The quantitative estimate of drug-likeness (QED) is 0.787. The minimum Gasteiger partial charge on any atom is -0.481 e. The molecule has 90 valence electrons. The van der Waals surface area contributed by atoms with Crippen molar-refractivity contribution in [1.82, 2.24) is 0 Å². The Kier molecular flexibility index (Phi) is 5.62. The lowest BCUT2D eigenvalue weighted by Crippen LogP contribution is -2.16. The molecule has 0 radical (unpaired) electrons. The Morgan fingerprint density at radius 2 is 2.06 bits per heavy atom. The molecule has 0 aliphatic rings. The van der Waals surface area contributed by atoms with Gasteiger partial charge in [0, 0.05) is 12.8 Å². The highest BCUT2D eigenvalue weighted by Crippen LogP contribution is 2.15. The molecule has 1 rings (SSSR count). The summed E-state index contributed by atoms with van der Waals surface area (Å²) in [6.45, 7) is 2.17. The summed E-state index contributed by atoms with van der Waals surface area (Å²) >= 11 is 0. The summed E-state index contributed by atoms with van der Waals surface area (Å²) in [6.07, 6.45) is 0. The van der Waals surface area contributed by atoms with Crippen LogP contribution in [0, 0.1) is 11.8 Å². The second kappa shape index (κ2) is 7.31. The smallest absolute Gasteiger partial charge is 0.250 e. The minimum absolute atomic E-state index is 0.0460. The molecule has 0 saturated heterocycles. The van der Waals surface area contributed by atoms with E-state index in [0.29, 0.717) is 12.3 Å². The van der Waals surface area contributed by atoms with Crippen molar-refractivity contribution in [3.63, 3.8) is 0 Å². The lowest BCUT2D eigenvalue weighted by molar-refractivity contribution is -0.119. The van der Waals surface area contributed by atoms with E-state index in [-0.39, 0.29) is 12.5 Å². The molecular formula is C13H15NO3. The molecule has 4 nitrogen and oxygen atoms in total. The van der Waals surface area contributed by atoms with E-state index in [2.05, 4.69) is 17.2 Å². The molecule has 0 saturated carbocycles. The highest BCUT2D eigenvalue weighted by Gasteiger charge is 2.01. The number of carbonyl (C=O) groups is 1. The van der Waals surface area contributed by atoms with Crippen molar-refractivity contribution in [2.24, 2.45) is 0 Å². The first-order valence-corrected chi connectivity index (χ1v) is 5.17. The van der Waals surface area contributed by atoms with E-state index >= 15 is 0 Å². The summed E-state index contributed by atoms with van der Waals surface area (Å²) in [5, 5.41) is 2.69. The Balaban J connectivity index is 2.48. The number of anilines is 1. The number of carbonyl (C=O) groups excluding carboxylic acids is 1. The van der Waals surface area contributed by atoms with Gasteiger partial charge in [-0.1, -0.05) is 5.92 Å². The topological polar surface area (TPSA) is 47.6 Å². The zero-order valence-corrected chi connectivity index (χ0v) is 9.95. The van der Waals surface area contributed by atoms with Gasteiger partial charge in [0.15, 0.2) is 0 Å². The summed E-state index contributed by atoms with van der Waals surface area (Å²) in [5.74, 6) is 6.08. The van der Waals surface area contributed by atoms with Gasteiger partial charge in [-0.25, -0.2) is 0 Å². The number of hydrogen-bond acceptors (Lipinski definition) is 3. The maximum absolute atomic E-state index is 11.2. The second-order valence-electron chi connectivity index (χ2n) is 3.22. The van der Waals surface area contributed by atoms with Crippen LogP contribution in [0.1, 0.15) is 6.92 Å². The van der Waals surface area contributed by atoms with Crippen LogP contribution in [0.25, 0.3) is 0 Å². The first-order chi connectivity index (χ1) is 8.26. The number of benzene rings is 1. The van der Waals surface area contributed by atoms with Crippen LogP contribution in [0.15, 0.2) is 24.3 Å². The fraction of sp³-hybridized carbons (Fsp3) is 0.308. The van der Waals surface area contributed by atoms with E-state index in [4.69, 9.17) is 9.47 Å². The second-order valence-corrected chi connectivity index (χ2v) is 3.22. The Morgan fingerprint density at radius 1 is 1.35 bits per heavy atom. The molecule has 0 fully saturated rings. The fourth-order valence-electron chi connectivity index (χ4n) is 1.15. The maximum Gasteiger partial charge on any atom is 0.250 e. The van der Waals surface area contributed by atoms with E-state index in [0.717, 1.165) is 5.75 Å². The summed E-state index contributed by atoms with van der Waals surface area (Å²) < 4.78 is 10.1. The molecule has 0 atom stereocenters. The highest BCUT2D eigenvalue weighted by atomic mass is 16.5. The molecule has 1 amide bonds. The van der Waals surface area contributed by atoms with Gasteiger partial charge in [-0.3, -0.25) is 4.79 Å². The van der Waals surface area contributed by atoms with Crippen molar-refractivity contribution >= 4 is 11.6 Å². The van der Waals surface area contributed by atoms with E-state index in [9.17, 15) is 4.79 Å². The highest BCUT2D eigenvalue weighted by molar-refractivity contribution is 5.91. The van der Waals surface area contributed by atoms with Gasteiger partial charge < -0.3 is 14.8 Å². The molecule has 0 spiro atoms. The van der Waals surface area contributed by atoms with Crippen LogP contribution < -0.4 is 10.1 Å². The molecule has 1 N–H and O–H groups in total. The van der Waals surface area contributed by atoms with Crippen molar-refractivity contribution in [3.05, 3.63) is 24.3 Å². The average Bonchev–Trinajstić information content (AvgIpc) is 2.32. The van der Waals surface area contributed by atoms with Gasteiger partial charge in [-0.05, 0) is 31.2 Å². The van der Waals surface area contributed by atoms with Crippen LogP contribution >= 0.6 is 0 Å². The molecule has 0 heterocycles. The molecular weight excluding hydrogens is 218 g/mol. The van der Waals surface area contributed by atoms with E-state index < -0.39 is 0 Å². The molecule has 0 bridgehead atoms. The molecule has 0 aromatic heterocycles. The Labute approximate surface area is 101 Å². The summed E-state index contributed by atoms with van der Waals surface area (Å²) in [5.41, 5.74) is 0.709. The molecule has 0 aliphatic carbocycles. The van der Waals surface area contributed by atoms with Gasteiger partial charge in [-0.15, -0.1) is 5.92 Å². The van der Waals surface area contributed by atoms with Crippen LogP contribution in [-0.4, -0.2) is 26.2 Å². The molecule has 0 unspecified atom stereocenters. The summed E-state index contributed by atoms with van der Waals surface area (Å²) in [4.78, 5) is 11.2. The standard InChI is InChI=1S/C13H15NO3/c1-3-4-9-17-12-7-5-11(6-8-12)14-13(15)10-16-2/h5-8H,9-10H2,1-2H3,(H,14,15). The number of amides is 1. The molecule has 17 heavy (non-hydrogen) atoms. The zero-order valence-electron chi connectivity index (χ0n) is 9.95. The molecule has 1 aromatic rings. The van der Waals surface area contributed by atoms with Gasteiger partial charge >= 0.3 is 0 Å². The van der Waals surface area contributed by atoms with E-state index in [1.807, 2.05) is 0 Å². The Bertz CT molecular complexity index is 415. The number of ether oxygens (including phenoxy) is 2. The third-order valence-corrected chi connectivity index (χ3v) is 1.90. The average molecular weight is 233 g/mol. The lowest BCUT2D eigenvalue weighted by atomic mass is 10.3. The summed E-state index contributed by atoms with van der Waals surface area (Å²) in [6, 6.07) is 7.09. The monoisotopic (exact) mass is 233 g/mol. The number of methoxy groups -OCH3 is 1. The van der Waals surface area contributed by atoms with Gasteiger partial charge in [0.25, 0.3) is 0 Å². The van der Waals surface area contributed by atoms with Crippen LogP contribution in [0.3, 0.4) is 0 Å². The number of nitrogens with one attached hydrogen (secondary N) is 1. The van der Waals surface area contributed by atoms with Gasteiger partial charge in [-0.2, -0.15) is 0 Å². The number of rotatable bonds is 5.